The summed E-state index contributed by atoms with van der Waals surface area (Å²) in [5.41, 5.74) is -0.0174. The number of nitrogens with one attached hydrogen (secondary N) is 1. The Hall–Kier alpha value is -2.15. The van der Waals surface area contributed by atoms with E-state index in [1.54, 1.807) is 4.90 Å². The Morgan fingerprint density at radius 2 is 2.19 bits per heavy atom. The molecule has 2 rings (SSSR count). The first kappa shape index (κ1) is 15.2. The highest BCUT2D eigenvalue weighted by molar-refractivity contribution is 5.92. The number of hydrogen-bond donors (Lipinski definition) is 2. The van der Waals surface area contributed by atoms with Gasteiger partial charge in [0.15, 0.2) is 0 Å². The summed E-state index contributed by atoms with van der Waals surface area (Å²) in [5, 5.41) is 11.6. The van der Waals surface area contributed by atoms with Crippen molar-refractivity contribution in [3.8, 4) is 0 Å². The summed E-state index contributed by atoms with van der Waals surface area (Å²) in [6.45, 7) is 6.72. The van der Waals surface area contributed by atoms with Gasteiger partial charge in [0.25, 0.3) is 0 Å². The van der Waals surface area contributed by atoms with Gasteiger partial charge in [-0.2, -0.15) is 0 Å². The van der Waals surface area contributed by atoms with Crippen LogP contribution in [-0.2, 0) is 4.74 Å². The van der Waals surface area contributed by atoms with Gasteiger partial charge in [0, 0.05) is 12.7 Å². The number of hydrogen-bond acceptors (Lipinski definition) is 4. The van der Waals surface area contributed by atoms with Gasteiger partial charge in [-0.15, -0.1) is 0 Å². The normalized spacial score (nSPS) is 20.9. The maximum atomic E-state index is 12.3. The van der Waals surface area contributed by atoms with Crippen molar-refractivity contribution in [1.82, 2.24) is 9.88 Å². The molecular weight excluding hydrogens is 274 g/mol. The van der Waals surface area contributed by atoms with E-state index in [9.17, 15) is 9.59 Å². The molecule has 2 amide bonds. The van der Waals surface area contributed by atoms with E-state index in [1.165, 1.54) is 18.5 Å². The lowest BCUT2D eigenvalue weighted by molar-refractivity contribution is -0.116. The zero-order chi connectivity index (χ0) is 15.6. The highest BCUT2D eigenvalue weighted by atomic mass is 16.5. The van der Waals surface area contributed by atoms with E-state index in [-0.39, 0.29) is 17.7 Å². The predicted molar refractivity (Wildman–Crippen MR) is 76.4 cm³/mol. The van der Waals surface area contributed by atoms with Gasteiger partial charge in [-0.1, -0.05) is 0 Å². The van der Waals surface area contributed by atoms with Crippen LogP contribution in [0.15, 0.2) is 18.5 Å². The summed E-state index contributed by atoms with van der Waals surface area (Å²) in [6.07, 6.45) is 2.60. The van der Waals surface area contributed by atoms with E-state index in [0.29, 0.717) is 18.8 Å². The second-order valence-corrected chi connectivity index (χ2v) is 5.77. The third-order valence-electron chi connectivity index (χ3n) is 3.09. The van der Waals surface area contributed by atoms with Gasteiger partial charge in [0.2, 0.25) is 0 Å². The number of carboxylic acids is 1. The lowest BCUT2D eigenvalue weighted by Gasteiger charge is -2.41. The molecule has 21 heavy (non-hydrogen) atoms. The molecule has 2 heterocycles. The van der Waals surface area contributed by atoms with E-state index < -0.39 is 11.6 Å². The number of carbonyl (C=O) groups is 2. The quantitative estimate of drug-likeness (QED) is 0.867. The van der Waals surface area contributed by atoms with Crippen LogP contribution in [0.25, 0.3) is 0 Å². The van der Waals surface area contributed by atoms with Gasteiger partial charge in [0.05, 0.1) is 35.7 Å². The number of anilines is 1. The molecule has 1 aromatic heterocycles. The minimum absolute atomic E-state index is 0.0310. The molecule has 7 heteroatoms. The molecule has 1 aliphatic rings. The Morgan fingerprint density at radius 3 is 2.81 bits per heavy atom. The maximum Gasteiger partial charge on any atom is 0.337 e. The lowest BCUT2D eigenvalue weighted by Crippen LogP contribution is -2.54. The van der Waals surface area contributed by atoms with Gasteiger partial charge >= 0.3 is 12.0 Å². The van der Waals surface area contributed by atoms with E-state index in [1.807, 2.05) is 20.8 Å². The largest absolute Gasteiger partial charge is 0.478 e. The molecule has 1 unspecified atom stereocenters. The number of aromatic nitrogens is 1. The molecule has 114 valence electrons. The van der Waals surface area contributed by atoms with Crippen molar-refractivity contribution < 1.29 is 19.4 Å². The molecule has 0 aliphatic carbocycles. The standard InChI is InChI=1S/C14H19N3O4/c1-9-7-17(8-14(2,3)21-9)13(20)16-11-4-10(12(18)19)5-15-6-11/h4-6,9H,7-8H2,1-3H3,(H,16,20)(H,18,19). The number of ether oxygens (including phenoxy) is 1. The number of morpholine rings is 1. The summed E-state index contributed by atoms with van der Waals surface area (Å²) in [7, 11) is 0. The average Bonchev–Trinajstić information content (AvgIpc) is 2.36. The molecule has 0 saturated carbocycles. The Morgan fingerprint density at radius 1 is 1.48 bits per heavy atom. The molecule has 0 radical (unpaired) electrons. The zero-order valence-corrected chi connectivity index (χ0v) is 12.3. The molecule has 0 spiro atoms. The van der Waals surface area contributed by atoms with Gasteiger partial charge in [-0.3, -0.25) is 4.98 Å². The number of amides is 2. The third kappa shape index (κ3) is 3.91. The van der Waals surface area contributed by atoms with E-state index >= 15 is 0 Å². The topological polar surface area (TPSA) is 91.8 Å². The Labute approximate surface area is 122 Å². The molecular formula is C14H19N3O4. The lowest BCUT2D eigenvalue weighted by atomic mass is 10.1. The van der Waals surface area contributed by atoms with Gasteiger partial charge in [-0.25, -0.2) is 9.59 Å². The van der Waals surface area contributed by atoms with Crippen LogP contribution < -0.4 is 5.32 Å². The number of pyridine rings is 1. The maximum absolute atomic E-state index is 12.3. The number of nitrogens with zero attached hydrogens (tertiary/aromatic N) is 2. The highest BCUT2D eigenvalue weighted by Crippen LogP contribution is 2.21. The molecule has 0 bridgehead atoms. The van der Waals surface area contributed by atoms with Gasteiger partial charge in [-0.05, 0) is 26.8 Å². The molecule has 1 fully saturated rings. The van der Waals surface area contributed by atoms with Crippen LogP contribution in [0.1, 0.15) is 31.1 Å². The Kier molecular flexibility index (Phi) is 4.13. The van der Waals surface area contributed by atoms with E-state index in [0.717, 1.165) is 0 Å². The molecule has 1 atom stereocenters. The van der Waals surface area contributed by atoms with Crippen LogP contribution in [-0.4, -0.2) is 51.8 Å². The van der Waals surface area contributed by atoms with Crippen molar-refractivity contribution in [1.29, 1.82) is 0 Å². The number of carbonyl (C=O) groups excluding carboxylic acids is 1. The second-order valence-electron chi connectivity index (χ2n) is 5.77. The first-order valence-electron chi connectivity index (χ1n) is 6.69. The van der Waals surface area contributed by atoms with Crippen molar-refractivity contribution in [3.63, 3.8) is 0 Å². The third-order valence-corrected chi connectivity index (χ3v) is 3.09. The first-order valence-corrected chi connectivity index (χ1v) is 6.69. The monoisotopic (exact) mass is 293 g/mol. The molecule has 1 aliphatic heterocycles. The zero-order valence-electron chi connectivity index (χ0n) is 12.3. The summed E-state index contributed by atoms with van der Waals surface area (Å²) in [6, 6.07) is 1.09. The predicted octanol–water partition coefficient (Wildman–Crippen LogP) is 1.81. The van der Waals surface area contributed by atoms with Crippen LogP contribution in [0.4, 0.5) is 10.5 Å². The minimum Gasteiger partial charge on any atom is -0.478 e. The summed E-state index contributed by atoms with van der Waals surface area (Å²) >= 11 is 0. The Balaban J connectivity index is 2.07. The van der Waals surface area contributed by atoms with Gasteiger partial charge in [0.1, 0.15) is 0 Å². The molecule has 1 aromatic rings. The van der Waals surface area contributed by atoms with Crippen molar-refractivity contribution in [3.05, 3.63) is 24.0 Å². The van der Waals surface area contributed by atoms with Crippen LogP contribution in [0, 0.1) is 0 Å². The van der Waals surface area contributed by atoms with Crippen molar-refractivity contribution >= 4 is 17.7 Å². The second kappa shape index (κ2) is 5.69. The fourth-order valence-electron chi connectivity index (χ4n) is 2.44. The van der Waals surface area contributed by atoms with E-state index in [4.69, 9.17) is 9.84 Å². The summed E-state index contributed by atoms with van der Waals surface area (Å²) in [5.74, 6) is -1.08. The van der Waals surface area contributed by atoms with Crippen LogP contribution >= 0.6 is 0 Å². The smallest absolute Gasteiger partial charge is 0.337 e. The number of aromatic carboxylic acids is 1. The minimum atomic E-state index is -1.08. The van der Waals surface area contributed by atoms with Crippen molar-refractivity contribution in [2.45, 2.75) is 32.5 Å². The van der Waals surface area contributed by atoms with Crippen LogP contribution in [0.2, 0.25) is 0 Å². The fourth-order valence-corrected chi connectivity index (χ4v) is 2.44. The fraction of sp³-hybridized carbons (Fsp3) is 0.500. The highest BCUT2D eigenvalue weighted by Gasteiger charge is 2.33. The SMILES string of the molecule is CC1CN(C(=O)Nc2cncc(C(=O)O)c2)CC(C)(C)O1. The van der Waals surface area contributed by atoms with Crippen molar-refractivity contribution in [2.75, 3.05) is 18.4 Å². The van der Waals surface area contributed by atoms with Crippen LogP contribution in [0.5, 0.6) is 0 Å². The average molecular weight is 293 g/mol. The molecule has 0 aromatic carbocycles. The molecule has 1 saturated heterocycles. The van der Waals surface area contributed by atoms with Crippen LogP contribution in [0.3, 0.4) is 0 Å². The van der Waals surface area contributed by atoms with Gasteiger partial charge < -0.3 is 20.1 Å². The molecule has 2 N–H and O–H groups in total. The Bertz CT molecular complexity index is 559. The molecule has 7 nitrogen and oxygen atoms in total. The summed E-state index contributed by atoms with van der Waals surface area (Å²) < 4.78 is 5.74. The van der Waals surface area contributed by atoms with E-state index in [2.05, 4.69) is 10.3 Å². The first-order chi connectivity index (χ1) is 9.77. The van der Waals surface area contributed by atoms with Crippen molar-refractivity contribution in [2.24, 2.45) is 0 Å². The number of carboxylic acid groups (broad SMARTS) is 1. The summed E-state index contributed by atoms with van der Waals surface area (Å²) in [4.78, 5) is 28.6. The number of rotatable bonds is 2. The number of urea groups is 1.